The Bertz CT molecular complexity index is 634. The van der Waals surface area contributed by atoms with Gasteiger partial charge in [0, 0.05) is 12.3 Å². The monoisotopic (exact) mass is 327 g/mol. The summed E-state index contributed by atoms with van der Waals surface area (Å²) in [6.07, 6.45) is 0.245. The number of hydrogen-bond acceptors (Lipinski definition) is 5. The lowest BCUT2D eigenvalue weighted by molar-refractivity contribution is -0.129. The van der Waals surface area contributed by atoms with Gasteiger partial charge in [-0.2, -0.15) is 0 Å². The summed E-state index contributed by atoms with van der Waals surface area (Å²) in [6, 6.07) is 6.03. The van der Waals surface area contributed by atoms with Crippen molar-refractivity contribution in [3.8, 4) is 0 Å². The van der Waals surface area contributed by atoms with Crippen molar-refractivity contribution in [3.63, 3.8) is 0 Å². The van der Waals surface area contributed by atoms with Gasteiger partial charge in [-0.25, -0.2) is 13.2 Å². The van der Waals surface area contributed by atoms with E-state index in [0.717, 1.165) is 6.26 Å². The van der Waals surface area contributed by atoms with E-state index in [4.69, 9.17) is 4.74 Å². The normalized spacial score (nSPS) is 12.8. The molecule has 0 unspecified atom stereocenters. The van der Waals surface area contributed by atoms with E-state index in [1.54, 1.807) is 12.1 Å². The van der Waals surface area contributed by atoms with Crippen LogP contribution < -0.4 is 5.32 Å². The molecule has 0 bridgehead atoms. The number of carbonyl (C=O) groups is 2. The number of benzene rings is 1. The number of esters is 1. The Balaban J connectivity index is 2.68. The van der Waals surface area contributed by atoms with Gasteiger partial charge in [-0.1, -0.05) is 12.1 Å². The van der Waals surface area contributed by atoms with Crippen molar-refractivity contribution in [2.45, 2.75) is 38.7 Å². The standard InChI is InChI=1S/C15H21NO5S/c1-10(2)16-14(17)11(3)21-15(18)13-7-5-12(6-8-13)9-22(4,19)20/h5-8,10-11H,9H2,1-4H3,(H,16,17)/t11-/m1/s1. The molecule has 122 valence electrons. The summed E-state index contributed by atoms with van der Waals surface area (Å²) in [5, 5.41) is 2.65. The second-order valence-electron chi connectivity index (χ2n) is 5.48. The van der Waals surface area contributed by atoms with E-state index in [1.165, 1.54) is 19.1 Å². The van der Waals surface area contributed by atoms with E-state index < -0.39 is 21.9 Å². The highest BCUT2D eigenvalue weighted by atomic mass is 32.2. The van der Waals surface area contributed by atoms with Crippen LogP contribution in [0, 0.1) is 0 Å². The molecule has 1 N–H and O–H groups in total. The van der Waals surface area contributed by atoms with Crippen LogP contribution in [0.25, 0.3) is 0 Å². The summed E-state index contributed by atoms with van der Waals surface area (Å²) in [5.74, 6) is -1.08. The first kappa shape index (κ1) is 18.2. The van der Waals surface area contributed by atoms with Gasteiger partial charge in [0.2, 0.25) is 0 Å². The summed E-state index contributed by atoms with van der Waals surface area (Å²) < 4.78 is 27.5. The number of nitrogens with one attached hydrogen (secondary N) is 1. The Kier molecular flexibility index (Phi) is 6.11. The van der Waals surface area contributed by atoms with Crippen LogP contribution in [0.3, 0.4) is 0 Å². The predicted molar refractivity (Wildman–Crippen MR) is 83.1 cm³/mol. The minimum atomic E-state index is -3.12. The first-order chi connectivity index (χ1) is 10.1. The fraction of sp³-hybridized carbons (Fsp3) is 0.467. The summed E-state index contributed by atoms with van der Waals surface area (Å²) >= 11 is 0. The molecule has 1 aromatic carbocycles. The highest BCUT2D eigenvalue weighted by Crippen LogP contribution is 2.10. The fourth-order valence-corrected chi connectivity index (χ4v) is 2.52. The van der Waals surface area contributed by atoms with Crippen LogP contribution in [0.1, 0.15) is 36.7 Å². The SMILES string of the molecule is CC(C)NC(=O)[C@@H](C)OC(=O)c1ccc(CS(C)(=O)=O)cc1. The Morgan fingerprint density at radius 1 is 1.14 bits per heavy atom. The van der Waals surface area contributed by atoms with Crippen LogP contribution in [0.4, 0.5) is 0 Å². The minimum absolute atomic E-state index is 0.0380. The van der Waals surface area contributed by atoms with Gasteiger partial charge in [0.1, 0.15) is 0 Å². The average Bonchev–Trinajstić information content (AvgIpc) is 2.36. The number of amides is 1. The first-order valence-electron chi connectivity index (χ1n) is 6.86. The van der Waals surface area contributed by atoms with E-state index in [-0.39, 0.29) is 23.3 Å². The molecule has 0 aliphatic heterocycles. The van der Waals surface area contributed by atoms with Gasteiger partial charge >= 0.3 is 5.97 Å². The number of hydrogen-bond donors (Lipinski definition) is 1. The Hall–Kier alpha value is -1.89. The van der Waals surface area contributed by atoms with Crippen LogP contribution in [0.15, 0.2) is 24.3 Å². The minimum Gasteiger partial charge on any atom is -0.449 e. The van der Waals surface area contributed by atoms with Gasteiger partial charge in [0.05, 0.1) is 11.3 Å². The van der Waals surface area contributed by atoms with Crippen LogP contribution in [0.2, 0.25) is 0 Å². The van der Waals surface area contributed by atoms with E-state index in [1.807, 2.05) is 13.8 Å². The van der Waals surface area contributed by atoms with E-state index >= 15 is 0 Å². The molecule has 0 saturated heterocycles. The van der Waals surface area contributed by atoms with Crippen LogP contribution in [-0.4, -0.2) is 38.7 Å². The molecule has 0 saturated carbocycles. The van der Waals surface area contributed by atoms with Crippen molar-refractivity contribution in [1.29, 1.82) is 0 Å². The summed E-state index contributed by atoms with van der Waals surface area (Å²) in [5.41, 5.74) is 0.853. The third-order valence-corrected chi connectivity index (χ3v) is 3.56. The van der Waals surface area contributed by atoms with E-state index in [2.05, 4.69) is 5.32 Å². The van der Waals surface area contributed by atoms with E-state index in [0.29, 0.717) is 5.56 Å². The molecule has 1 rings (SSSR count). The molecule has 1 amide bonds. The lowest BCUT2D eigenvalue weighted by Crippen LogP contribution is -2.39. The molecule has 0 spiro atoms. The second kappa shape index (κ2) is 7.40. The van der Waals surface area contributed by atoms with E-state index in [9.17, 15) is 18.0 Å². The fourth-order valence-electron chi connectivity index (χ4n) is 1.72. The number of rotatable bonds is 6. The molecule has 6 nitrogen and oxygen atoms in total. The molecule has 0 aliphatic carbocycles. The van der Waals surface area contributed by atoms with Gasteiger partial charge < -0.3 is 10.1 Å². The van der Waals surface area contributed by atoms with Crippen molar-refractivity contribution in [1.82, 2.24) is 5.32 Å². The van der Waals surface area contributed by atoms with Crippen molar-refractivity contribution in [2.75, 3.05) is 6.26 Å². The zero-order chi connectivity index (χ0) is 16.9. The molecule has 1 aromatic rings. The van der Waals surface area contributed by atoms with Crippen LogP contribution in [0.5, 0.6) is 0 Å². The van der Waals surface area contributed by atoms with Crippen LogP contribution >= 0.6 is 0 Å². The van der Waals surface area contributed by atoms with Gasteiger partial charge in [-0.05, 0) is 38.5 Å². The zero-order valence-corrected chi connectivity index (χ0v) is 13.9. The smallest absolute Gasteiger partial charge is 0.338 e. The predicted octanol–water partition coefficient (Wildman–Crippen LogP) is 1.30. The third kappa shape index (κ3) is 6.26. The molecule has 1 atom stereocenters. The number of sulfone groups is 1. The van der Waals surface area contributed by atoms with Crippen molar-refractivity contribution in [3.05, 3.63) is 35.4 Å². The van der Waals surface area contributed by atoms with Crippen molar-refractivity contribution < 1.29 is 22.7 Å². The summed E-state index contributed by atoms with van der Waals surface area (Å²) in [7, 11) is -3.12. The Morgan fingerprint density at radius 2 is 1.68 bits per heavy atom. The molecule has 0 heterocycles. The largest absolute Gasteiger partial charge is 0.449 e. The molecular weight excluding hydrogens is 306 g/mol. The lowest BCUT2D eigenvalue weighted by Gasteiger charge is -2.15. The maximum atomic E-state index is 11.9. The molecular formula is C15H21NO5S. The van der Waals surface area contributed by atoms with Gasteiger partial charge in [-0.3, -0.25) is 4.79 Å². The molecule has 0 aliphatic rings. The molecule has 22 heavy (non-hydrogen) atoms. The van der Waals surface area contributed by atoms with Gasteiger partial charge in [-0.15, -0.1) is 0 Å². The lowest BCUT2D eigenvalue weighted by atomic mass is 10.1. The first-order valence-corrected chi connectivity index (χ1v) is 8.92. The molecule has 7 heteroatoms. The second-order valence-corrected chi connectivity index (χ2v) is 7.62. The molecule has 0 radical (unpaired) electrons. The van der Waals surface area contributed by atoms with Gasteiger partial charge in [0.25, 0.3) is 5.91 Å². The third-order valence-electron chi connectivity index (χ3n) is 2.70. The van der Waals surface area contributed by atoms with Gasteiger partial charge in [0.15, 0.2) is 15.9 Å². The molecule has 0 aromatic heterocycles. The average molecular weight is 327 g/mol. The Morgan fingerprint density at radius 3 is 2.14 bits per heavy atom. The van der Waals surface area contributed by atoms with Crippen molar-refractivity contribution >= 4 is 21.7 Å². The summed E-state index contributed by atoms with van der Waals surface area (Å²) in [6.45, 7) is 5.12. The van der Waals surface area contributed by atoms with Crippen molar-refractivity contribution in [2.24, 2.45) is 0 Å². The maximum absolute atomic E-state index is 11.9. The number of carbonyl (C=O) groups excluding carboxylic acids is 2. The maximum Gasteiger partial charge on any atom is 0.338 e. The summed E-state index contributed by atoms with van der Waals surface area (Å²) in [4.78, 5) is 23.6. The highest BCUT2D eigenvalue weighted by molar-refractivity contribution is 7.89. The highest BCUT2D eigenvalue weighted by Gasteiger charge is 2.19. The molecule has 0 fully saturated rings. The quantitative estimate of drug-likeness (QED) is 0.796. The topological polar surface area (TPSA) is 89.5 Å². The van der Waals surface area contributed by atoms with Crippen LogP contribution in [-0.2, 0) is 25.1 Å². The number of ether oxygens (including phenoxy) is 1. The zero-order valence-electron chi connectivity index (χ0n) is 13.1. The Labute approximate surface area is 130 Å².